The van der Waals surface area contributed by atoms with E-state index in [2.05, 4.69) is 51.9 Å². The van der Waals surface area contributed by atoms with E-state index in [9.17, 15) is 0 Å². The molecule has 0 fully saturated rings. The van der Waals surface area contributed by atoms with Gasteiger partial charge in [-0.25, -0.2) is 0 Å². The third-order valence-electron chi connectivity index (χ3n) is 3.98. The summed E-state index contributed by atoms with van der Waals surface area (Å²) in [5, 5.41) is 6.69. The van der Waals surface area contributed by atoms with Crippen molar-refractivity contribution in [3.8, 4) is 0 Å². The minimum atomic E-state index is 0. The van der Waals surface area contributed by atoms with Gasteiger partial charge in [0.2, 0.25) is 0 Å². The van der Waals surface area contributed by atoms with Crippen LogP contribution in [0.15, 0.2) is 57.3 Å². The third-order valence-corrected chi connectivity index (χ3v) is 4.91. The van der Waals surface area contributed by atoms with Crippen molar-refractivity contribution < 1.29 is 4.42 Å². The molecule has 2 heterocycles. The van der Waals surface area contributed by atoms with Crippen molar-refractivity contribution in [1.29, 1.82) is 0 Å². The zero-order valence-corrected chi connectivity index (χ0v) is 17.7. The first-order chi connectivity index (χ1) is 11.8. The van der Waals surface area contributed by atoms with Crippen molar-refractivity contribution in [3.63, 3.8) is 0 Å². The fraction of sp³-hybridized carbons (Fsp3) is 0.316. The summed E-state index contributed by atoms with van der Waals surface area (Å²) >= 11 is 1.80. The first-order valence-corrected chi connectivity index (χ1v) is 9.06. The van der Waals surface area contributed by atoms with Gasteiger partial charge < -0.3 is 14.6 Å². The number of para-hydroxylation sites is 1. The van der Waals surface area contributed by atoms with E-state index in [0.717, 1.165) is 48.6 Å². The summed E-state index contributed by atoms with van der Waals surface area (Å²) in [5.74, 6) is 1.92. The van der Waals surface area contributed by atoms with Gasteiger partial charge in [0, 0.05) is 43.9 Å². The van der Waals surface area contributed by atoms with Crippen LogP contribution in [0.5, 0.6) is 0 Å². The molecule has 0 unspecified atom stereocenters. The van der Waals surface area contributed by atoms with Crippen molar-refractivity contribution in [3.05, 3.63) is 58.5 Å². The highest BCUT2D eigenvalue weighted by atomic mass is 127. The van der Waals surface area contributed by atoms with Crippen LogP contribution in [0.4, 0.5) is 0 Å². The van der Waals surface area contributed by atoms with Crippen molar-refractivity contribution in [2.24, 2.45) is 4.99 Å². The van der Waals surface area contributed by atoms with Gasteiger partial charge in [-0.1, -0.05) is 24.3 Å². The lowest BCUT2D eigenvalue weighted by molar-refractivity contribution is 0.482. The number of thiophene rings is 1. The van der Waals surface area contributed by atoms with Crippen LogP contribution in [0, 0.1) is 0 Å². The second-order valence-corrected chi connectivity index (χ2v) is 6.76. The molecule has 0 spiro atoms. The lowest BCUT2D eigenvalue weighted by atomic mass is 10.2. The van der Waals surface area contributed by atoms with Gasteiger partial charge in [0.15, 0.2) is 5.96 Å². The monoisotopic (exact) mass is 469 g/mol. The Balaban J connectivity index is 0.00000225. The quantitative estimate of drug-likeness (QED) is 0.331. The summed E-state index contributed by atoms with van der Waals surface area (Å²) in [6.45, 7) is 1.75. The topological polar surface area (TPSA) is 40.8 Å². The van der Waals surface area contributed by atoms with E-state index in [4.69, 9.17) is 4.42 Å². The molecule has 0 atom stereocenters. The van der Waals surface area contributed by atoms with Crippen LogP contribution in [-0.2, 0) is 12.8 Å². The Morgan fingerprint density at radius 1 is 1.20 bits per heavy atom. The number of halogens is 1. The molecular formula is C19H24IN3OS. The molecule has 134 valence electrons. The molecule has 0 aliphatic rings. The molecular weight excluding hydrogens is 445 g/mol. The van der Waals surface area contributed by atoms with Crippen molar-refractivity contribution in [2.45, 2.75) is 12.8 Å². The SMILES string of the molecule is CN=C(NCCc1cc2ccccc2o1)N(C)CCc1cccs1.I. The van der Waals surface area contributed by atoms with Crippen LogP contribution in [0.2, 0.25) is 0 Å². The van der Waals surface area contributed by atoms with Crippen LogP contribution >= 0.6 is 35.3 Å². The standard InChI is InChI=1S/C19H23N3OS.HI/c1-20-19(22(2)12-10-17-7-5-13-24-17)21-11-9-16-14-15-6-3-4-8-18(15)23-16;/h3-8,13-14H,9-12H2,1-2H3,(H,20,21);1H. The zero-order valence-electron chi connectivity index (χ0n) is 14.6. The molecule has 1 aromatic carbocycles. The van der Waals surface area contributed by atoms with E-state index >= 15 is 0 Å². The zero-order chi connectivity index (χ0) is 16.8. The number of furan rings is 1. The number of likely N-dealkylation sites (N-methyl/N-ethyl adjacent to an activating group) is 1. The fourth-order valence-electron chi connectivity index (χ4n) is 2.68. The summed E-state index contributed by atoms with van der Waals surface area (Å²) in [6.07, 6.45) is 1.88. The molecule has 0 saturated heterocycles. The average molecular weight is 469 g/mol. The average Bonchev–Trinajstić information content (AvgIpc) is 3.25. The lowest BCUT2D eigenvalue weighted by Gasteiger charge is -2.21. The van der Waals surface area contributed by atoms with Crippen molar-refractivity contribution >= 4 is 52.2 Å². The smallest absolute Gasteiger partial charge is 0.193 e. The number of hydrogen-bond donors (Lipinski definition) is 1. The molecule has 0 amide bonds. The molecule has 0 saturated carbocycles. The molecule has 2 aromatic heterocycles. The molecule has 1 N–H and O–H groups in total. The lowest BCUT2D eigenvalue weighted by Crippen LogP contribution is -2.40. The largest absolute Gasteiger partial charge is 0.461 e. The Morgan fingerprint density at radius 3 is 2.76 bits per heavy atom. The van der Waals surface area contributed by atoms with E-state index in [0.29, 0.717) is 0 Å². The maximum absolute atomic E-state index is 5.85. The van der Waals surface area contributed by atoms with Gasteiger partial charge in [0.1, 0.15) is 11.3 Å². The number of nitrogens with one attached hydrogen (secondary N) is 1. The van der Waals surface area contributed by atoms with E-state index < -0.39 is 0 Å². The Kier molecular flexibility index (Phi) is 7.77. The predicted octanol–water partition coefficient (Wildman–Crippen LogP) is 4.40. The number of aliphatic imine (C=N–C) groups is 1. The highest BCUT2D eigenvalue weighted by Gasteiger charge is 2.07. The van der Waals surface area contributed by atoms with E-state index in [1.807, 2.05) is 25.2 Å². The molecule has 0 aliphatic carbocycles. The molecule has 25 heavy (non-hydrogen) atoms. The van der Waals surface area contributed by atoms with Crippen LogP contribution in [0.3, 0.4) is 0 Å². The van der Waals surface area contributed by atoms with Crippen molar-refractivity contribution in [2.75, 3.05) is 27.2 Å². The fourth-order valence-corrected chi connectivity index (χ4v) is 3.38. The van der Waals surface area contributed by atoms with Crippen LogP contribution < -0.4 is 5.32 Å². The van der Waals surface area contributed by atoms with E-state index in [1.165, 1.54) is 4.88 Å². The van der Waals surface area contributed by atoms with Crippen molar-refractivity contribution in [1.82, 2.24) is 10.2 Å². The Morgan fingerprint density at radius 2 is 2.04 bits per heavy atom. The van der Waals surface area contributed by atoms with Crippen LogP contribution in [0.1, 0.15) is 10.6 Å². The van der Waals surface area contributed by atoms with Crippen LogP contribution in [-0.4, -0.2) is 38.0 Å². The summed E-state index contributed by atoms with van der Waals surface area (Å²) in [7, 11) is 3.90. The normalized spacial score (nSPS) is 11.4. The third kappa shape index (κ3) is 5.47. The van der Waals surface area contributed by atoms with E-state index in [1.54, 1.807) is 11.3 Å². The number of hydrogen-bond acceptors (Lipinski definition) is 3. The highest BCUT2D eigenvalue weighted by molar-refractivity contribution is 14.0. The second kappa shape index (κ2) is 9.82. The Bertz CT molecular complexity index is 765. The summed E-state index contributed by atoms with van der Waals surface area (Å²) in [4.78, 5) is 7.93. The van der Waals surface area contributed by atoms with Gasteiger partial charge in [-0.15, -0.1) is 35.3 Å². The second-order valence-electron chi connectivity index (χ2n) is 5.73. The first-order valence-electron chi connectivity index (χ1n) is 8.18. The molecule has 4 nitrogen and oxygen atoms in total. The summed E-state index contributed by atoms with van der Waals surface area (Å²) in [6, 6.07) is 14.5. The van der Waals surface area contributed by atoms with Gasteiger partial charge >= 0.3 is 0 Å². The Labute approximate surface area is 170 Å². The van der Waals surface area contributed by atoms with Crippen LogP contribution in [0.25, 0.3) is 11.0 Å². The summed E-state index contributed by atoms with van der Waals surface area (Å²) in [5.41, 5.74) is 0.949. The minimum Gasteiger partial charge on any atom is -0.461 e. The number of nitrogens with zero attached hydrogens (tertiary/aromatic N) is 2. The number of fused-ring (bicyclic) bond motifs is 1. The summed E-state index contributed by atoms with van der Waals surface area (Å²) < 4.78 is 5.85. The van der Waals surface area contributed by atoms with Gasteiger partial charge in [-0.2, -0.15) is 0 Å². The number of benzene rings is 1. The molecule has 3 rings (SSSR count). The first kappa shape index (κ1) is 19.8. The molecule has 0 bridgehead atoms. The molecule has 6 heteroatoms. The number of guanidine groups is 1. The molecule has 3 aromatic rings. The Hall–Kier alpha value is -1.54. The maximum Gasteiger partial charge on any atom is 0.193 e. The van der Waals surface area contributed by atoms with Gasteiger partial charge in [0.05, 0.1) is 0 Å². The van der Waals surface area contributed by atoms with E-state index in [-0.39, 0.29) is 24.0 Å². The molecule has 0 radical (unpaired) electrons. The maximum atomic E-state index is 5.85. The molecule has 0 aliphatic heterocycles. The van der Waals surface area contributed by atoms with Gasteiger partial charge in [0.25, 0.3) is 0 Å². The van der Waals surface area contributed by atoms with Gasteiger partial charge in [-0.05, 0) is 30.0 Å². The predicted molar refractivity (Wildman–Crippen MR) is 117 cm³/mol. The van der Waals surface area contributed by atoms with Gasteiger partial charge in [-0.3, -0.25) is 4.99 Å². The number of rotatable bonds is 6. The highest BCUT2D eigenvalue weighted by Crippen LogP contribution is 2.18. The minimum absolute atomic E-state index is 0.